The Balaban J connectivity index is 1.41. The molecule has 2 aromatic rings. The number of benzene rings is 2. The molecule has 2 amide bonds. The van der Waals surface area contributed by atoms with Crippen molar-refractivity contribution >= 4 is 29.8 Å². The van der Waals surface area contributed by atoms with E-state index in [0.29, 0.717) is 32.1 Å². The highest BCUT2D eigenvalue weighted by molar-refractivity contribution is 8.00. The molecule has 3 rings (SSSR count). The fourth-order valence-electron chi connectivity index (χ4n) is 2.72. The molecule has 30 heavy (non-hydrogen) atoms. The zero-order valence-electron chi connectivity index (χ0n) is 16.8. The van der Waals surface area contributed by atoms with Crippen molar-refractivity contribution in [2.45, 2.75) is 17.1 Å². The van der Waals surface area contributed by atoms with Gasteiger partial charge in [0.05, 0.1) is 24.7 Å². The summed E-state index contributed by atoms with van der Waals surface area (Å²) in [5.74, 6) is 0.390. The van der Waals surface area contributed by atoms with Crippen LogP contribution in [-0.4, -0.2) is 61.1 Å². The van der Waals surface area contributed by atoms with Gasteiger partial charge in [-0.15, -0.1) is 11.8 Å². The summed E-state index contributed by atoms with van der Waals surface area (Å²) in [6, 6.07) is 16.9. The summed E-state index contributed by atoms with van der Waals surface area (Å²) in [6.45, 7) is 4.19. The first-order valence-electron chi connectivity index (χ1n) is 9.75. The van der Waals surface area contributed by atoms with Crippen molar-refractivity contribution in [2.24, 2.45) is 5.10 Å². The van der Waals surface area contributed by atoms with Crippen molar-refractivity contribution in [1.82, 2.24) is 10.3 Å². The van der Waals surface area contributed by atoms with E-state index >= 15 is 0 Å². The Kier molecular flexibility index (Phi) is 8.29. The van der Waals surface area contributed by atoms with Crippen LogP contribution >= 0.6 is 11.8 Å². The van der Waals surface area contributed by atoms with Crippen LogP contribution in [0.2, 0.25) is 0 Å². The smallest absolute Gasteiger partial charge is 0.260 e. The fraction of sp³-hybridized carbons (Fsp3) is 0.318. The minimum Gasteiger partial charge on any atom is -0.484 e. The summed E-state index contributed by atoms with van der Waals surface area (Å²) in [5.41, 5.74) is 3.37. The van der Waals surface area contributed by atoms with E-state index in [4.69, 9.17) is 9.47 Å². The van der Waals surface area contributed by atoms with Gasteiger partial charge in [-0.1, -0.05) is 18.2 Å². The van der Waals surface area contributed by atoms with Crippen molar-refractivity contribution in [3.8, 4) is 5.75 Å². The zero-order valence-corrected chi connectivity index (χ0v) is 17.6. The predicted octanol–water partition coefficient (Wildman–Crippen LogP) is 2.56. The number of hydrazone groups is 1. The molecule has 1 fully saturated rings. The van der Waals surface area contributed by atoms with E-state index in [1.807, 2.05) is 49.4 Å². The van der Waals surface area contributed by atoms with Gasteiger partial charge < -0.3 is 14.4 Å². The summed E-state index contributed by atoms with van der Waals surface area (Å²) in [6.07, 6.45) is 1.57. The number of amides is 2. The third-order valence-electron chi connectivity index (χ3n) is 4.42. The summed E-state index contributed by atoms with van der Waals surface area (Å²) < 4.78 is 10.8. The Morgan fingerprint density at radius 1 is 1.17 bits per heavy atom. The highest BCUT2D eigenvalue weighted by atomic mass is 32.2. The minimum atomic E-state index is -0.260. The van der Waals surface area contributed by atoms with Crippen LogP contribution in [0.15, 0.2) is 64.6 Å². The molecule has 1 heterocycles. The van der Waals surface area contributed by atoms with Gasteiger partial charge in [-0.2, -0.15) is 5.10 Å². The van der Waals surface area contributed by atoms with Crippen LogP contribution in [-0.2, 0) is 14.3 Å². The average molecular weight is 428 g/mol. The highest BCUT2D eigenvalue weighted by Crippen LogP contribution is 2.22. The molecule has 1 unspecified atom stereocenters. The molecular weight excluding hydrogens is 402 g/mol. The van der Waals surface area contributed by atoms with Gasteiger partial charge in [0, 0.05) is 18.0 Å². The Labute approximate surface area is 180 Å². The second-order valence-electron chi connectivity index (χ2n) is 6.66. The van der Waals surface area contributed by atoms with Crippen LogP contribution in [0.1, 0.15) is 12.5 Å². The molecule has 7 nitrogen and oxygen atoms in total. The first-order valence-corrected chi connectivity index (χ1v) is 10.6. The van der Waals surface area contributed by atoms with E-state index < -0.39 is 0 Å². The number of morpholine rings is 1. The van der Waals surface area contributed by atoms with E-state index in [1.54, 1.807) is 23.2 Å². The van der Waals surface area contributed by atoms with E-state index in [1.165, 1.54) is 11.8 Å². The predicted molar refractivity (Wildman–Crippen MR) is 117 cm³/mol. The Hall–Kier alpha value is -2.84. The number of hydrogen-bond acceptors (Lipinski definition) is 6. The molecule has 158 valence electrons. The number of thioether (sulfide) groups is 1. The lowest BCUT2D eigenvalue weighted by Gasteiger charge is -2.26. The Morgan fingerprint density at radius 3 is 2.57 bits per heavy atom. The van der Waals surface area contributed by atoms with Crippen LogP contribution in [0, 0.1) is 0 Å². The molecule has 1 aliphatic rings. The fourth-order valence-corrected chi connectivity index (χ4v) is 3.60. The third kappa shape index (κ3) is 6.89. The maximum Gasteiger partial charge on any atom is 0.260 e. The van der Waals surface area contributed by atoms with Gasteiger partial charge in [0.15, 0.2) is 6.61 Å². The summed E-state index contributed by atoms with van der Waals surface area (Å²) in [5, 5.41) is 3.76. The lowest BCUT2D eigenvalue weighted by Crippen LogP contribution is -2.42. The molecule has 0 spiro atoms. The molecule has 1 atom stereocenters. The van der Waals surface area contributed by atoms with Gasteiger partial charge in [0.2, 0.25) is 0 Å². The van der Waals surface area contributed by atoms with Crippen molar-refractivity contribution in [3.05, 3.63) is 60.2 Å². The molecule has 0 aromatic heterocycles. The lowest BCUT2D eigenvalue weighted by molar-refractivity contribution is -0.137. The van der Waals surface area contributed by atoms with Gasteiger partial charge in [-0.05, 0) is 48.9 Å². The van der Waals surface area contributed by atoms with Crippen LogP contribution in [0.3, 0.4) is 0 Å². The molecule has 0 aliphatic carbocycles. The van der Waals surface area contributed by atoms with Gasteiger partial charge >= 0.3 is 0 Å². The van der Waals surface area contributed by atoms with E-state index in [9.17, 15) is 9.59 Å². The number of nitrogens with zero attached hydrogens (tertiary/aromatic N) is 2. The monoisotopic (exact) mass is 427 g/mol. The lowest BCUT2D eigenvalue weighted by atomic mass is 10.2. The molecule has 1 aliphatic heterocycles. The van der Waals surface area contributed by atoms with Crippen LogP contribution in [0.25, 0.3) is 0 Å². The molecule has 0 bridgehead atoms. The van der Waals surface area contributed by atoms with Crippen molar-refractivity contribution in [3.63, 3.8) is 0 Å². The molecule has 0 radical (unpaired) electrons. The van der Waals surface area contributed by atoms with E-state index in [0.717, 1.165) is 10.5 Å². The van der Waals surface area contributed by atoms with Gasteiger partial charge in [-0.3, -0.25) is 9.59 Å². The van der Waals surface area contributed by atoms with Crippen molar-refractivity contribution in [1.29, 1.82) is 0 Å². The molecule has 8 heteroatoms. The quantitative estimate of drug-likeness (QED) is 0.398. The first kappa shape index (κ1) is 21.9. The second kappa shape index (κ2) is 11.4. The van der Waals surface area contributed by atoms with Gasteiger partial charge in [0.1, 0.15) is 5.75 Å². The maximum absolute atomic E-state index is 12.2. The molecule has 1 N–H and O–H groups in total. The van der Waals surface area contributed by atoms with Crippen molar-refractivity contribution < 1.29 is 19.1 Å². The normalized spacial score (nSPS) is 15.0. The van der Waals surface area contributed by atoms with Crippen LogP contribution in [0.4, 0.5) is 0 Å². The Morgan fingerprint density at radius 2 is 1.87 bits per heavy atom. The topological polar surface area (TPSA) is 80.2 Å². The maximum atomic E-state index is 12.2. The number of nitrogens with one attached hydrogen (secondary N) is 1. The molecular formula is C22H25N3O4S. The second-order valence-corrected chi connectivity index (χ2v) is 8.07. The van der Waals surface area contributed by atoms with E-state index in [-0.39, 0.29) is 23.7 Å². The van der Waals surface area contributed by atoms with E-state index in [2.05, 4.69) is 10.5 Å². The van der Waals surface area contributed by atoms with Gasteiger partial charge in [0.25, 0.3) is 11.8 Å². The zero-order chi connectivity index (χ0) is 21.2. The number of ether oxygens (including phenoxy) is 2. The molecule has 2 aromatic carbocycles. The summed E-state index contributed by atoms with van der Waals surface area (Å²) in [7, 11) is 0. The largest absolute Gasteiger partial charge is 0.484 e. The standard InChI is InChI=1S/C22H25N3O4S/c1-17(30-20-5-3-2-4-6-20)22(27)24-23-15-18-7-9-19(10-8-18)29-16-21(26)25-11-13-28-14-12-25/h2-10,15,17H,11-14,16H2,1H3,(H,24,27)/b23-15+. The Bertz CT molecular complexity index is 852. The number of carbonyl (C=O) groups is 2. The summed E-state index contributed by atoms with van der Waals surface area (Å²) >= 11 is 1.48. The average Bonchev–Trinajstić information content (AvgIpc) is 2.79. The van der Waals surface area contributed by atoms with Crippen LogP contribution < -0.4 is 10.2 Å². The SMILES string of the molecule is CC(Sc1ccccc1)C(=O)N/N=C/c1ccc(OCC(=O)N2CCOCC2)cc1. The summed E-state index contributed by atoms with van der Waals surface area (Å²) in [4.78, 5) is 27.0. The number of carbonyl (C=O) groups excluding carboxylic acids is 2. The first-order chi connectivity index (χ1) is 14.6. The highest BCUT2D eigenvalue weighted by Gasteiger charge is 2.17. The number of hydrogen-bond donors (Lipinski definition) is 1. The number of rotatable bonds is 8. The van der Waals surface area contributed by atoms with Gasteiger partial charge in [-0.25, -0.2) is 5.43 Å². The molecule has 0 saturated carbocycles. The minimum absolute atomic E-state index is 0.000459. The molecule has 1 saturated heterocycles. The van der Waals surface area contributed by atoms with Crippen molar-refractivity contribution in [2.75, 3.05) is 32.9 Å². The van der Waals surface area contributed by atoms with Crippen LogP contribution in [0.5, 0.6) is 5.75 Å². The third-order valence-corrected chi connectivity index (χ3v) is 5.53.